The van der Waals surface area contributed by atoms with Gasteiger partial charge in [0.05, 0.1) is 23.4 Å². The highest BCUT2D eigenvalue weighted by atomic mass is 32.1. The van der Waals surface area contributed by atoms with Crippen molar-refractivity contribution in [2.24, 2.45) is 15.9 Å². The zero-order chi connectivity index (χ0) is 16.0. The number of aromatic nitrogens is 2. The Hall–Kier alpha value is -2.87. The Morgan fingerprint density at radius 3 is 3.00 bits per heavy atom. The van der Waals surface area contributed by atoms with Crippen LogP contribution < -0.4 is 5.73 Å². The third-order valence-electron chi connectivity index (χ3n) is 3.53. The van der Waals surface area contributed by atoms with Gasteiger partial charge in [0.25, 0.3) is 0 Å². The molecular formula is C15H10FN5OS. The Kier molecular flexibility index (Phi) is 3.05. The van der Waals surface area contributed by atoms with Crippen LogP contribution in [0.4, 0.5) is 4.39 Å². The number of thiazole rings is 1. The minimum atomic E-state index is -0.390. The molecule has 0 atom stereocenters. The van der Waals surface area contributed by atoms with Crippen LogP contribution in [0.3, 0.4) is 0 Å². The number of amidine groups is 1. The fourth-order valence-corrected chi connectivity index (χ4v) is 3.20. The lowest BCUT2D eigenvalue weighted by molar-refractivity contribution is 0.104. The van der Waals surface area contributed by atoms with Gasteiger partial charge < -0.3 is 10.7 Å². The summed E-state index contributed by atoms with van der Waals surface area (Å²) >= 11 is 1.22. The molecule has 0 fully saturated rings. The van der Waals surface area contributed by atoms with E-state index in [1.54, 1.807) is 17.6 Å². The first kappa shape index (κ1) is 13.8. The van der Waals surface area contributed by atoms with Gasteiger partial charge in [-0.3, -0.25) is 4.79 Å². The number of carbonyl (C=O) groups is 1. The summed E-state index contributed by atoms with van der Waals surface area (Å²) in [5.41, 5.74) is 7.91. The second-order valence-corrected chi connectivity index (χ2v) is 5.93. The van der Waals surface area contributed by atoms with Crippen molar-refractivity contribution in [3.63, 3.8) is 0 Å². The number of carbonyl (C=O) groups excluding carboxylic acids is 1. The maximum Gasteiger partial charge on any atom is 0.223 e. The summed E-state index contributed by atoms with van der Waals surface area (Å²) in [6, 6.07) is 4.28. The number of hydrogen-bond acceptors (Lipinski definition) is 6. The average molecular weight is 327 g/mol. The number of rotatable bonds is 3. The average Bonchev–Trinajstić information content (AvgIpc) is 3.24. The van der Waals surface area contributed by atoms with Gasteiger partial charge in [-0.1, -0.05) is 0 Å². The fraction of sp³-hybridized carbons (Fsp3) is 0.0667. The Labute approximate surface area is 133 Å². The second-order valence-electron chi connectivity index (χ2n) is 5.07. The first-order chi connectivity index (χ1) is 11.1. The van der Waals surface area contributed by atoms with Crippen LogP contribution in [0, 0.1) is 5.82 Å². The van der Waals surface area contributed by atoms with Crippen LogP contribution in [-0.4, -0.2) is 27.3 Å². The van der Waals surface area contributed by atoms with E-state index in [4.69, 9.17) is 5.73 Å². The molecule has 0 bridgehead atoms. The van der Waals surface area contributed by atoms with E-state index in [-0.39, 0.29) is 11.6 Å². The van der Waals surface area contributed by atoms with Gasteiger partial charge in [-0.25, -0.2) is 9.37 Å². The molecule has 1 aliphatic heterocycles. The van der Waals surface area contributed by atoms with Crippen LogP contribution in [0.15, 0.2) is 40.0 Å². The van der Waals surface area contributed by atoms with Crippen LogP contribution in [0.1, 0.15) is 27.5 Å². The summed E-state index contributed by atoms with van der Waals surface area (Å²) < 4.78 is 13.4. The van der Waals surface area contributed by atoms with Crippen LogP contribution in [0.5, 0.6) is 0 Å². The summed E-state index contributed by atoms with van der Waals surface area (Å²) in [5.74, 6) is -0.225. The van der Waals surface area contributed by atoms with Crippen molar-refractivity contribution in [1.82, 2.24) is 9.97 Å². The van der Waals surface area contributed by atoms with E-state index in [9.17, 15) is 9.18 Å². The van der Waals surface area contributed by atoms with Gasteiger partial charge in [-0.05, 0) is 18.2 Å². The van der Waals surface area contributed by atoms with Crippen molar-refractivity contribution < 1.29 is 9.18 Å². The van der Waals surface area contributed by atoms with E-state index in [1.807, 2.05) is 0 Å². The van der Waals surface area contributed by atoms with Gasteiger partial charge in [-0.2, -0.15) is 5.10 Å². The molecule has 0 spiro atoms. The van der Waals surface area contributed by atoms with Gasteiger partial charge in [0.1, 0.15) is 11.7 Å². The number of halogens is 1. The molecule has 3 heterocycles. The largest absolute Gasteiger partial charge is 0.385 e. The maximum absolute atomic E-state index is 13.4. The molecule has 1 aromatic carbocycles. The van der Waals surface area contributed by atoms with Crippen molar-refractivity contribution in [1.29, 1.82) is 0 Å². The van der Waals surface area contributed by atoms with E-state index in [1.165, 1.54) is 23.5 Å². The maximum atomic E-state index is 13.4. The Bertz CT molecular complexity index is 1000. The number of nitrogens with zero attached hydrogens (tertiary/aromatic N) is 3. The van der Waals surface area contributed by atoms with Crippen molar-refractivity contribution in [2.75, 3.05) is 0 Å². The van der Waals surface area contributed by atoms with E-state index in [0.29, 0.717) is 45.1 Å². The molecule has 0 unspecified atom stereocenters. The predicted octanol–water partition coefficient (Wildman–Crippen LogP) is 2.46. The molecule has 0 radical (unpaired) electrons. The molecule has 0 saturated carbocycles. The summed E-state index contributed by atoms with van der Waals surface area (Å²) in [6.07, 6.45) is 2.00. The molecule has 2 aromatic heterocycles. The molecule has 8 heteroatoms. The third-order valence-corrected chi connectivity index (χ3v) is 4.37. The van der Waals surface area contributed by atoms with Crippen molar-refractivity contribution >= 4 is 39.6 Å². The van der Waals surface area contributed by atoms with E-state index in [2.05, 4.69) is 20.2 Å². The molecule has 6 nitrogen and oxygen atoms in total. The molecule has 0 amide bonds. The SMILES string of the molecule is NC1=NN=C(c2csc(C(=O)c3c[nH]c4ccc(F)cc34)n2)C1. The molecular weight excluding hydrogens is 317 g/mol. The Morgan fingerprint density at radius 1 is 1.35 bits per heavy atom. The Balaban J connectivity index is 1.69. The molecule has 3 aromatic rings. The highest BCUT2D eigenvalue weighted by molar-refractivity contribution is 7.12. The van der Waals surface area contributed by atoms with Crippen molar-refractivity contribution in [3.8, 4) is 0 Å². The van der Waals surface area contributed by atoms with Gasteiger partial charge in [0.2, 0.25) is 5.78 Å². The van der Waals surface area contributed by atoms with E-state index >= 15 is 0 Å². The summed E-state index contributed by atoms with van der Waals surface area (Å²) in [4.78, 5) is 19.9. The Morgan fingerprint density at radius 2 is 2.22 bits per heavy atom. The van der Waals surface area contributed by atoms with Crippen LogP contribution in [0.25, 0.3) is 10.9 Å². The smallest absolute Gasteiger partial charge is 0.223 e. The second kappa shape index (κ2) is 5.10. The van der Waals surface area contributed by atoms with Crippen molar-refractivity contribution in [3.05, 3.63) is 51.9 Å². The lowest BCUT2D eigenvalue weighted by atomic mass is 10.1. The normalized spacial score (nSPS) is 14.1. The van der Waals surface area contributed by atoms with Crippen LogP contribution in [-0.2, 0) is 0 Å². The highest BCUT2D eigenvalue weighted by Gasteiger charge is 2.21. The number of fused-ring (bicyclic) bond motifs is 1. The lowest BCUT2D eigenvalue weighted by Gasteiger charge is -1.96. The van der Waals surface area contributed by atoms with Gasteiger partial charge in [-0.15, -0.1) is 16.4 Å². The first-order valence-electron chi connectivity index (χ1n) is 6.78. The summed E-state index contributed by atoms with van der Waals surface area (Å²) in [5, 5.41) is 10.3. The van der Waals surface area contributed by atoms with Crippen LogP contribution in [0.2, 0.25) is 0 Å². The third kappa shape index (κ3) is 2.33. The van der Waals surface area contributed by atoms with Gasteiger partial charge in [0.15, 0.2) is 5.01 Å². The number of H-pyrrole nitrogens is 1. The number of nitrogens with one attached hydrogen (secondary N) is 1. The minimum Gasteiger partial charge on any atom is -0.385 e. The topological polar surface area (TPSA) is 96.5 Å². The molecule has 1 aliphatic rings. The summed E-state index contributed by atoms with van der Waals surface area (Å²) in [6.45, 7) is 0. The molecule has 114 valence electrons. The number of nitrogens with two attached hydrogens (primary N) is 1. The van der Waals surface area contributed by atoms with E-state index < -0.39 is 0 Å². The molecule has 3 N–H and O–H groups in total. The molecule has 4 rings (SSSR count). The number of benzene rings is 1. The zero-order valence-electron chi connectivity index (χ0n) is 11.7. The zero-order valence-corrected chi connectivity index (χ0v) is 12.5. The predicted molar refractivity (Wildman–Crippen MR) is 86.6 cm³/mol. The monoisotopic (exact) mass is 327 g/mol. The number of aromatic amines is 1. The number of hydrogen-bond donors (Lipinski definition) is 2. The quantitative estimate of drug-likeness (QED) is 0.723. The first-order valence-corrected chi connectivity index (χ1v) is 7.66. The molecule has 0 saturated heterocycles. The minimum absolute atomic E-state index is 0.259. The van der Waals surface area contributed by atoms with Crippen LogP contribution >= 0.6 is 11.3 Å². The number of ketones is 1. The fourth-order valence-electron chi connectivity index (χ4n) is 2.42. The molecule has 23 heavy (non-hydrogen) atoms. The van der Waals surface area contributed by atoms with Crippen molar-refractivity contribution in [2.45, 2.75) is 6.42 Å². The lowest BCUT2D eigenvalue weighted by Crippen LogP contribution is -2.12. The van der Waals surface area contributed by atoms with Gasteiger partial charge >= 0.3 is 0 Å². The molecule has 0 aliphatic carbocycles. The standard InChI is InChI=1S/C15H10FN5OS/c16-7-1-2-10-8(3-7)9(5-18-10)14(22)15-19-12(6-23-15)11-4-13(17)21-20-11/h1-3,5-6,18H,4H2,(H2,17,21). The van der Waals surface area contributed by atoms with Gasteiger partial charge in [0, 0.05) is 22.5 Å². The summed E-state index contributed by atoms with van der Waals surface area (Å²) in [7, 11) is 0. The van der Waals surface area contributed by atoms with E-state index in [0.717, 1.165) is 0 Å². The highest BCUT2D eigenvalue weighted by Crippen LogP contribution is 2.24.